The Kier molecular flexibility index (Phi) is 8.84. The van der Waals surface area contributed by atoms with E-state index in [9.17, 15) is 19.5 Å². The Balaban J connectivity index is 1.67. The normalized spacial score (nSPS) is 10.6. The number of aliphatic carboxylic acids is 1. The third-order valence-electron chi connectivity index (χ3n) is 6.40. The van der Waals surface area contributed by atoms with Crippen molar-refractivity contribution in [1.29, 1.82) is 0 Å². The van der Waals surface area contributed by atoms with Crippen molar-refractivity contribution in [2.45, 2.75) is 26.4 Å². The van der Waals surface area contributed by atoms with E-state index in [1.54, 1.807) is 41.1 Å². The minimum Gasteiger partial charge on any atom is -0.481 e. The second-order valence-electron chi connectivity index (χ2n) is 9.38. The number of nitrogens with zero attached hydrogens (tertiary/aromatic N) is 3. The van der Waals surface area contributed by atoms with Gasteiger partial charge in [-0.1, -0.05) is 72.8 Å². The van der Waals surface area contributed by atoms with Crippen LogP contribution in [0, 0.1) is 6.92 Å². The van der Waals surface area contributed by atoms with Crippen LogP contribution in [0.5, 0.6) is 0 Å². The van der Waals surface area contributed by atoms with Crippen LogP contribution >= 0.6 is 0 Å². The quantitative estimate of drug-likeness (QED) is 0.300. The summed E-state index contributed by atoms with van der Waals surface area (Å²) >= 11 is 0. The Labute approximate surface area is 228 Å². The fourth-order valence-corrected chi connectivity index (χ4v) is 4.47. The van der Waals surface area contributed by atoms with Crippen LogP contribution in [-0.4, -0.2) is 51.3 Å². The number of rotatable bonds is 10. The molecule has 0 radical (unpaired) electrons. The summed E-state index contributed by atoms with van der Waals surface area (Å²) in [4.78, 5) is 46.5. The molecule has 2 amide bonds. The third-order valence-corrected chi connectivity index (χ3v) is 6.40. The Hall–Kier alpha value is -4.78. The Morgan fingerprint density at radius 2 is 1.31 bits per heavy atom. The minimum atomic E-state index is -0.976. The first-order valence-electron chi connectivity index (χ1n) is 12.7. The second-order valence-corrected chi connectivity index (χ2v) is 9.38. The number of carboxylic acid groups (broad SMARTS) is 1. The molecular formula is C32H31N3O4. The number of carbonyl (C=O) groups is 3. The van der Waals surface area contributed by atoms with Gasteiger partial charge in [-0.3, -0.25) is 19.4 Å². The molecule has 0 unspecified atom stereocenters. The predicted molar refractivity (Wildman–Crippen MR) is 150 cm³/mol. The van der Waals surface area contributed by atoms with Gasteiger partial charge in [0.05, 0.1) is 18.7 Å². The van der Waals surface area contributed by atoms with Crippen LogP contribution in [0.15, 0.2) is 97.1 Å². The molecule has 0 fully saturated rings. The van der Waals surface area contributed by atoms with Crippen LogP contribution in [0.1, 0.15) is 44.1 Å². The lowest BCUT2D eigenvalue weighted by atomic mass is 9.94. The van der Waals surface area contributed by atoms with Crippen molar-refractivity contribution in [3.63, 3.8) is 0 Å². The summed E-state index contributed by atoms with van der Waals surface area (Å²) in [5.74, 6) is -1.46. The number of carboxylic acids is 1. The van der Waals surface area contributed by atoms with Crippen LogP contribution in [-0.2, 0) is 17.9 Å². The number of hydrogen-bond acceptors (Lipinski definition) is 4. The van der Waals surface area contributed by atoms with E-state index in [0.29, 0.717) is 28.8 Å². The molecule has 0 spiro atoms. The standard InChI is InChI=1S/C32H31N3O4/c1-23-11-10-14-25(33-23)22-34(2)31(38)28-17-8-6-15-26(28)27-16-7-9-18-29(27)32(39)35(20-19-30(36)37)21-24-12-4-3-5-13-24/h3-18H,19-22H2,1-2H3,(H,36,37). The average molecular weight is 522 g/mol. The van der Waals surface area contributed by atoms with Gasteiger partial charge in [0, 0.05) is 37.0 Å². The summed E-state index contributed by atoms with van der Waals surface area (Å²) in [5.41, 5.74) is 4.68. The fourth-order valence-electron chi connectivity index (χ4n) is 4.47. The highest BCUT2D eigenvalue weighted by Gasteiger charge is 2.24. The summed E-state index contributed by atoms with van der Waals surface area (Å²) in [6.07, 6.45) is -0.173. The molecule has 39 heavy (non-hydrogen) atoms. The molecule has 7 nitrogen and oxygen atoms in total. The largest absolute Gasteiger partial charge is 0.481 e. The van der Waals surface area contributed by atoms with E-state index in [-0.39, 0.29) is 31.3 Å². The molecule has 198 valence electrons. The van der Waals surface area contributed by atoms with E-state index in [1.807, 2.05) is 79.7 Å². The van der Waals surface area contributed by atoms with Gasteiger partial charge in [0.25, 0.3) is 11.8 Å². The lowest BCUT2D eigenvalue weighted by Gasteiger charge is -2.24. The van der Waals surface area contributed by atoms with E-state index in [2.05, 4.69) is 4.98 Å². The molecule has 1 heterocycles. The van der Waals surface area contributed by atoms with Crippen molar-refractivity contribution >= 4 is 17.8 Å². The van der Waals surface area contributed by atoms with E-state index in [1.165, 1.54) is 0 Å². The van der Waals surface area contributed by atoms with Crippen LogP contribution in [0.2, 0.25) is 0 Å². The number of carbonyl (C=O) groups excluding carboxylic acids is 2. The summed E-state index contributed by atoms with van der Waals surface area (Å²) in [5, 5.41) is 9.30. The van der Waals surface area contributed by atoms with Gasteiger partial charge in [0.1, 0.15) is 0 Å². The Bertz CT molecular complexity index is 1470. The maximum Gasteiger partial charge on any atom is 0.305 e. The van der Waals surface area contributed by atoms with E-state index >= 15 is 0 Å². The number of aromatic nitrogens is 1. The van der Waals surface area contributed by atoms with Crippen LogP contribution in [0.25, 0.3) is 11.1 Å². The van der Waals surface area contributed by atoms with Gasteiger partial charge in [-0.05, 0) is 47.9 Å². The van der Waals surface area contributed by atoms with Crippen LogP contribution < -0.4 is 0 Å². The van der Waals surface area contributed by atoms with E-state index in [4.69, 9.17) is 0 Å². The number of aryl methyl sites for hydroxylation is 1. The highest BCUT2D eigenvalue weighted by molar-refractivity contribution is 6.06. The highest BCUT2D eigenvalue weighted by Crippen LogP contribution is 2.29. The highest BCUT2D eigenvalue weighted by atomic mass is 16.4. The van der Waals surface area contributed by atoms with Crippen molar-refractivity contribution in [2.24, 2.45) is 0 Å². The maximum absolute atomic E-state index is 13.9. The zero-order chi connectivity index (χ0) is 27.8. The minimum absolute atomic E-state index is 0.0597. The van der Waals surface area contributed by atoms with Gasteiger partial charge in [-0.15, -0.1) is 0 Å². The van der Waals surface area contributed by atoms with E-state index < -0.39 is 5.97 Å². The van der Waals surface area contributed by atoms with Crippen molar-refractivity contribution in [1.82, 2.24) is 14.8 Å². The summed E-state index contributed by atoms with van der Waals surface area (Å²) in [6.45, 7) is 2.58. The summed E-state index contributed by atoms with van der Waals surface area (Å²) < 4.78 is 0. The molecule has 0 bridgehead atoms. The van der Waals surface area contributed by atoms with Crippen LogP contribution in [0.3, 0.4) is 0 Å². The van der Waals surface area contributed by atoms with E-state index in [0.717, 1.165) is 17.0 Å². The molecule has 0 saturated carbocycles. The SMILES string of the molecule is Cc1cccc(CN(C)C(=O)c2ccccc2-c2ccccc2C(=O)N(CCC(=O)O)Cc2ccccc2)n1. The van der Waals surface area contributed by atoms with Gasteiger partial charge < -0.3 is 14.9 Å². The van der Waals surface area contributed by atoms with Gasteiger partial charge in [0.15, 0.2) is 0 Å². The first kappa shape index (κ1) is 27.3. The summed E-state index contributed by atoms with van der Waals surface area (Å²) in [6, 6.07) is 29.5. The smallest absolute Gasteiger partial charge is 0.305 e. The van der Waals surface area contributed by atoms with Gasteiger partial charge in [-0.25, -0.2) is 0 Å². The molecule has 0 aliphatic carbocycles. The zero-order valence-electron chi connectivity index (χ0n) is 22.1. The first-order chi connectivity index (χ1) is 18.8. The lowest BCUT2D eigenvalue weighted by molar-refractivity contribution is -0.137. The number of benzene rings is 3. The molecule has 4 aromatic rings. The van der Waals surface area contributed by atoms with Crippen molar-refractivity contribution < 1.29 is 19.5 Å². The van der Waals surface area contributed by atoms with Crippen LogP contribution in [0.4, 0.5) is 0 Å². The predicted octanol–water partition coefficient (Wildman–Crippen LogP) is 5.45. The Morgan fingerprint density at radius 3 is 1.92 bits per heavy atom. The molecule has 4 rings (SSSR count). The first-order valence-corrected chi connectivity index (χ1v) is 12.7. The molecule has 0 aliphatic rings. The van der Waals surface area contributed by atoms with Gasteiger partial charge in [0.2, 0.25) is 0 Å². The molecule has 3 aromatic carbocycles. The van der Waals surface area contributed by atoms with Crippen molar-refractivity contribution in [3.05, 3.63) is 125 Å². The topological polar surface area (TPSA) is 90.8 Å². The van der Waals surface area contributed by atoms with Crippen molar-refractivity contribution in [2.75, 3.05) is 13.6 Å². The molecule has 1 aromatic heterocycles. The van der Waals surface area contributed by atoms with Gasteiger partial charge in [-0.2, -0.15) is 0 Å². The third kappa shape index (κ3) is 6.96. The fraction of sp³-hybridized carbons (Fsp3) is 0.188. The number of amides is 2. The molecule has 0 saturated heterocycles. The van der Waals surface area contributed by atoms with Gasteiger partial charge >= 0.3 is 5.97 Å². The average Bonchev–Trinajstić information content (AvgIpc) is 2.95. The summed E-state index contributed by atoms with van der Waals surface area (Å²) in [7, 11) is 1.73. The number of hydrogen-bond donors (Lipinski definition) is 1. The molecule has 1 N–H and O–H groups in total. The lowest BCUT2D eigenvalue weighted by Crippen LogP contribution is -2.33. The molecule has 0 aliphatic heterocycles. The Morgan fingerprint density at radius 1 is 0.718 bits per heavy atom. The monoisotopic (exact) mass is 521 g/mol. The number of pyridine rings is 1. The molecular weight excluding hydrogens is 490 g/mol. The van der Waals surface area contributed by atoms with Crippen molar-refractivity contribution in [3.8, 4) is 11.1 Å². The maximum atomic E-state index is 13.9. The molecule has 0 atom stereocenters. The second kappa shape index (κ2) is 12.6. The molecule has 7 heteroatoms. The zero-order valence-corrected chi connectivity index (χ0v) is 22.1.